The van der Waals surface area contributed by atoms with Gasteiger partial charge in [-0.1, -0.05) is 0 Å². The molecule has 18 heteroatoms. The fraction of sp³-hybridized carbons (Fsp3) is 0.269. The maximum absolute atomic E-state index is 13.3. The first kappa shape index (κ1) is 35.7. The summed E-state index contributed by atoms with van der Waals surface area (Å²) in [5.74, 6) is -0.525. The highest BCUT2D eigenvalue weighted by atomic mass is 127. The van der Waals surface area contributed by atoms with E-state index in [0.29, 0.717) is 28.6 Å². The number of nitrogens with one attached hydrogen (secondary N) is 2. The van der Waals surface area contributed by atoms with Gasteiger partial charge in [0.1, 0.15) is 16.9 Å². The van der Waals surface area contributed by atoms with Crippen LogP contribution in [0.4, 0.5) is 11.4 Å². The summed E-state index contributed by atoms with van der Waals surface area (Å²) in [6, 6.07) is 7.62. The van der Waals surface area contributed by atoms with Crippen LogP contribution in [0.25, 0.3) is 0 Å². The molecule has 0 aromatic heterocycles. The summed E-state index contributed by atoms with van der Waals surface area (Å²) in [4.78, 5) is 38.9. The number of hydrogen-bond acceptors (Lipinski definition) is 12. The van der Waals surface area contributed by atoms with E-state index in [4.69, 9.17) is 14.0 Å². The van der Waals surface area contributed by atoms with Gasteiger partial charge >= 0.3 is 16.4 Å². The largest absolute Gasteiger partial charge is 0.495 e. The topological polar surface area (TPSA) is 202 Å². The van der Waals surface area contributed by atoms with Crippen LogP contribution in [0.1, 0.15) is 27.0 Å². The standard InChI is InChI=1S/C26H28I2N4O10S2/c1-13-8-17(20(40-4)10-14(13)2)29-31-23-16(26(35)36)11-19(33)24(25(23)34)32-30-18-9-15(3)22(12-21(18)41-5)43(27,28)7-6-42-44(37,38)39/h8-12,29-30H,6-7H2,1-5H3,(H,35,36)(H,37,38,39). The second kappa shape index (κ2) is 14.5. The maximum Gasteiger partial charge on any atom is 0.397 e. The SMILES string of the molecule is COc1cc(C)c(C)cc1NN=c1c(C(=O)O)cc(=O)c(=NNc2cc(C)c(S(I)(I)CCOS(=O)(=O)O)cc2OC)c1=O. The van der Waals surface area contributed by atoms with Crippen LogP contribution in [-0.4, -0.2) is 50.6 Å². The van der Waals surface area contributed by atoms with Crippen LogP contribution in [0, 0.1) is 20.8 Å². The number of halogens is 2. The minimum absolute atomic E-state index is 0.236. The number of carbonyl (C=O) groups is 1. The van der Waals surface area contributed by atoms with E-state index in [1.54, 1.807) is 31.2 Å². The van der Waals surface area contributed by atoms with Crippen molar-refractivity contribution in [1.29, 1.82) is 0 Å². The van der Waals surface area contributed by atoms with Gasteiger partial charge in [-0.2, -0.15) is 18.6 Å². The molecule has 14 nitrogen and oxygen atoms in total. The number of rotatable bonds is 12. The molecule has 0 aliphatic heterocycles. The van der Waals surface area contributed by atoms with Crippen molar-refractivity contribution in [2.45, 2.75) is 25.7 Å². The number of hydrogen-bond donors (Lipinski definition) is 4. The van der Waals surface area contributed by atoms with Crippen LogP contribution in [0.5, 0.6) is 11.5 Å². The average molecular weight is 874 g/mol. The van der Waals surface area contributed by atoms with E-state index in [1.807, 2.05) is 13.8 Å². The zero-order valence-electron chi connectivity index (χ0n) is 23.9. The van der Waals surface area contributed by atoms with Gasteiger partial charge in [0.25, 0.3) is 0 Å². The molecule has 0 aliphatic carbocycles. The molecule has 44 heavy (non-hydrogen) atoms. The lowest BCUT2D eigenvalue weighted by molar-refractivity contribution is 0.0694. The molecule has 0 saturated heterocycles. The second-order valence-electron chi connectivity index (χ2n) is 9.18. The quantitative estimate of drug-likeness (QED) is 0.118. The van der Waals surface area contributed by atoms with Crippen molar-refractivity contribution in [2.75, 3.05) is 37.4 Å². The van der Waals surface area contributed by atoms with E-state index in [0.717, 1.165) is 27.7 Å². The van der Waals surface area contributed by atoms with E-state index < -0.39 is 47.9 Å². The summed E-state index contributed by atoms with van der Waals surface area (Å²) in [7, 11) is -1.72. The van der Waals surface area contributed by atoms with E-state index >= 15 is 0 Å². The Bertz CT molecular complexity index is 1940. The molecule has 0 bridgehead atoms. The lowest BCUT2D eigenvalue weighted by atomic mass is 10.1. The van der Waals surface area contributed by atoms with Gasteiger partial charge in [0.05, 0.1) is 37.8 Å². The Balaban J connectivity index is 2.07. The molecule has 0 aliphatic rings. The number of ether oxygens (including phenoxy) is 2. The summed E-state index contributed by atoms with van der Waals surface area (Å²) in [5, 5.41) is 16.6. The van der Waals surface area contributed by atoms with Crippen molar-refractivity contribution in [1.82, 2.24) is 0 Å². The fourth-order valence-corrected chi connectivity index (χ4v) is 9.52. The number of aromatic carboxylic acids is 1. The van der Waals surface area contributed by atoms with Gasteiger partial charge in [-0.3, -0.25) is 25.0 Å². The lowest BCUT2D eigenvalue weighted by Gasteiger charge is -2.29. The summed E-state index contributed by atoms with van der Waals surface area (Å²) < 4.78 is 44.4. The molecule has 0 saturated carbocycles. The predicted molar refractivity (Wildman–Crippen MR) is 183 cm³/mol. The van der Waals surface area contributed by atoms with Gasteiger partial charge in [0.15, 0.2) is 5.36 Å². The van der Waals surface area contributed by atoms with Crippen molar-refractivity contribution >= 4 is 74.5 Å². The van der Waals surface area contributed by atoms with E-state index in [9.17, 15) is 27.9 Å². The molecule has 0 amide bonds. The van der Waals surface area contributed by atoms with Crippen molar-refractivity contribution in [3.8, 4) is 11.5 Å². The minimum Gasteiger partial charge on any atom is -0.495 e. The Morgan fingerprint density at radius 1 is 0.864 bits per heavy atom. The number of methoxy groups -OCH3 is 2. The number of carboxylic acid groups (broad SMARTS) is 1. The third-order valence-corrected chi connectivity index (χ3v) is 13.9. The Labute approximate surface area is 277 Å². The van der Waals surface area contributed by atoms with Gasteiger partial charge in [-0.25, -0.2) is 8.98 Å². The monoisotopic (exact) mass is 874 g/mol. The smallest absolute Gasteiger partial charge is 0.397 e. The van der Waals surface area contributed by atoms with Crippen LogP contribution in [0.15, 0.2) is 55.0 Å². The molecule has 3 aromatic rings. The van der Waals surface area contributed by atoms with Gasteiger partial charge in [0.2, 0.25) is 10.9 Å². The van der Waals surface area contributed by atoms with E-state index in [2.05, 4.69) is 67.6 Å². The van der Waals surface area contributed by atoms with Crippen molar-refractivity contribution in [3.63, 3.8) is 0 Å². The van der Waals surface area contributed by atoms with Gasteiger partial charge < -0.3 is 14.6 Å². The molecule has 3 rings (SSSR count). The Morgan fingerprint density at radius 3 is 1.93 bits per heavy atom. The molecule has 3 aromatic carbocycles. The Morgan fingerprint density at radius 2 is 1.39 bits per heavy atom. The summed E-state index contributed by atoms with van der Waals surface area (Å²) in [6.45, 7) is 5.31. The Hall–Kier alpha value is -2.79. The van der Waals surface area contributed by atoms with Crippen molar-refractivity contribution < 1.29 is 36.5 Å². The highest BCUT2D eigenvalue weighted by Gasteiger charge is 2.25. The molecule has 0 atom stereocenters. The first-order valence-electron chi connectivity index (χ1n) is 12.4. The first-order chi connectivity index (χ1) is 20.5. The normalized spacial score (nSPS) is 13.1. The minimum atomic E-state index is -4.57. The molecular formula is C26H28I2N4O10S2. The molecule has 0 unspecified atom stereocenters. The van der Waals surface area contributed by atoms with Crippen LogP contribution in [0.2, 0.25) is 0 Å². The molecular weight excluding hydrogens is 846 g/mol. The first-order valence-corrected chi connectivity index (χ1v) is 20.6. The van der Waals surface area contributed by atoms with Crippen LogP contribution < -0.4 is 41.9 Å². The van der Waals surface area contributed by atoms with Gasteiger partial charge in [-0.15, -0.1) is 4.37 Å². The summed E-state index contributed by atoms with van der Waals surface area (Å²) >= 11 is 4.39. The second-order valence-corrected chi connectivity index (χ2v) is 26.4. The molecule has 0 spiro atoms. The number of benzene rings is 3. The van der Waals surface area contributed by atoms with E-state index in [1.165, 1.54) is 14.2 Å². The Kier molecular flexibility index (Phi) is 11.8. The number of carboxylic acids is 1. The zero-order chi connectivity index (χ0) is 33.0. The van der Waals surface area contributed by atoms with E-state index in [-0.39, 0.29) is 6.61 Å². The third-order valence-electron chi connectivity index (χ3n) is 6.21. The molecule has 0 fully saturated rings. The highest BCUT2D eigenvalue weighted by Crippen LogP contribution is 2.71. The molecule has 238 valence electrons. The van der Waals surface area contributed by atoms with Crippen molar-refractivity contribution in [3.05, 3.63) is 83.7 Å². The van der Waals surface area contributed by atoms with Crippen LogP contribution >= 0.6 is 46.8 Å². The highest BCUT2D eigenvalue weighted by molar-refractivity contribution is 14.3. The third kappa shape index (κ3) is 8.68. The van der Waals surface area contributed by atoms with Crippen LogP contribution in [0.3, 0.4) is 0 Å². The summed E-state index contributed by atoms with van der Waals surface area (Å²) in [5.41, 5.74) is 6.04. The molecule has 0 radical (unpaired) electrons. The number of aryl methyl sites for hydroxylation is 3. The number of nitrogens with zero attached hydrogens (tertiary/aromatic N) is 2. The molecule has 4 N–H and O–H groups in total. The van der Waals surface area contributed by atoms with Crippen LogP contribution in [-0.2, 0) is 14.6 Å². The fourth-order valence-electron chi connectivity index (χ4n) is 3.87. The maximum atomic E-state index is 13.3. The zero-order valence-corrected chi connectivity index (χ0v) is 29.9. The predicted octanol–water partition coefficient (Wildman–Crippen LogP) is 3.46. The number of anilines is 2. The van der Waals surface area contributed by atoms with Gasteiger partial charge in [-0.05, 0) is 104 Å². The van der Waals surface area contributed by atoms with Crippen molar-refractivity contribution in [2.24, 2.45) is 10.2 Å². The lowest BCUT2D eigenvalue weighted by Crippen LogP contribution is -2.50. The average Bonchev–Trinajstić information content (AvgIpc) is 2.92. The molecule has 0 heterocycles. The van der Waals surface area contributed by atoms with Gasteiger partial charge in [0, 0.05) is 16.7 Å². The summed E-state index contributed by atoms with van der Waals surface area (Å²) in [6.07, 6.45) is 0.